The summed E-state index contributed by atoms with van der Waals surface area (Å²) in [7, 11) is 2.14. The van der Waals surface area contributed by atoms with Crippen LogP contribution in [0.3, 0.4) is 0 Å². The smallest absolute Gasteiger partial charge is 0.185 e. The van der Waals surface area contributed by atoms with E-state index in [1.165, 1.54) is 17.0 Å². The number of aromatic nitrogens is 1. The minimum Gasteiger partial charge on any atom is -0.351 e. The van der Waals surface area contributed by atoms with E-state index in [-0.39, 0.29) is 0 Å². The number of hydrogen-bond acceptors (Lipinski definition) is 4. The van der Waals surface area contributed by atoms with E-state index in [1.54, 1.807) is 0 Å². The molecule has 0 aliphatic carbocycles. The Bertz CT molecular complexity index is 362. The van der Waals surface area contributed by atoms with Gasteiger partial charge in [-0.25, -0.2) is 4.98 Å². The summed E-state index contributed by atoms with van der Waals surface area (Å²) < 4.78 is 0. The Kier molecular flexibility index (Phi) is 6.09. The Morgan fingerprint density at radius 3 is 2.56 bits per heavy atom. The summed E-state index contributed by atoms with van der Waals surface area (Å²) in [5.74, 6) is 0.717. The van der Waals surface area contributed by atoms with Crippen molar-refractivity contribution in [3.05, 3.63) is 10.6 Å². The summed E-state index contributed by atoms with van der Waals surface area (Å²) in [5, 5.41) is 4.60. The van der Waals surface area contributed by atoms with Crippen molar-refractivity contribution < 1.29 is 0 Å². The van der Waals surface area contributed by atoms with Crippen molar-refractivity contribution in [1.29, 1.82) is 0 Å². The molecule has 0 fully saturated rings. The van der Waals surface area contributed by atoms with Gasteiger partial charge < -0.3 is 10.2 Å². The van der Waals surface area contributed by atoms with Gasteiger partial charge in [-0.15, -0.1) is 11.3 Å². The van der Waals surface area contributed by atoms with Gasteiger partial charge in [-0.05, 0) is 26.3 Å². The molecule has 3 nitrogen and oxygen atoms in total. The molecule has 0 aliphatic heterocycles. The van der Waals surface area contributed by atoms with E-state index in [9.17, 15) is 0 Å². The van der Waals surface area contributed by atoms with Crippen LogP contribution >= 0.6 is 11.3 Å². The molecule has 0 saturated carbocycles. The number of anilines is 1. The summed E-state index contributed by atoms with van der Waals surface area (Å²) >= 11 is 1.82. The van der Waals surface area contributed by atoms with Gasteiger partial charge in [0.05, 0.1) is 5.69 Å². The van der Waals surface area contributed by atoms with Crippen LogP contribution in [0.2, 0.25) is 0 Å². The van der Waals surface area contributed by atoms with E-state index in [4.69, 9.17) is 4.98 Å². The number of nitrogens with zero attached hydrogens (tertiary/aromatic N) is 2. The van der Waals surface area contributed by atoms with E-state index in [2.05, 4.69) is 51.9 Å². The molecule has 0 bridgehead atoms. The van der Waals surface area contributed by atoms with E-state index in [1.807, 2.05) is 11.3 Å². The molecule has 2 atom stereocenters. The first kappa shape index (κ1) is 15.4. The van der Waals surface area contributed by atoms with Gasteiger partial charge in [-0.3, -0.25) is 0 Å². The lowest BCUT2D eigenvalue weighted by atomic mass is 10.1. The number of nitrogens with one attached hydrogen (secondary N) is 1. The molecular formula is C14H27N3S. The molecule has 0 aliphatic rings. The highest BCUT2D eigenvalue weighted by atomic mass is 32.1. The third-order valence-electron chi connectivity index (χ3n) is 3.33. The first-order valence-electron chi connectivity index (χ1n) is 6.91. The van der Waals surface area contributed by atoms with Crippen molar-refractivity contribution in [2.75, 3.05) is 25.0 Å². The van der Waals surface area contributed by atoms with Crippen molar-refractivity contribution in [1.82, 2.24) is 10.3 Å². The summed E-state index contributed by atoms with van der Waals surface area (Å²) in [4.78, 5) is 8.36. The zero-order valence-corrected chi connectivity index (χ0v) is 13.4. The van der Waals surface area contributed by atoms with Crippen LogP contribution in [-0.4, -0.2) is 25.1 Å². The molecule has 18 heavy (non-hydrogen) atoms. The molecule has 1 heterocycles. The molecule has 1 aromatic heterocycles. The quantitative estimate of drug-likeness (QED) is 0.819. The topological polar surface area (TPSA) is 28.2 Å². The monoisotopic (exact) mass is 269 g/mol. The van der Waals surface area contributed by atoms with Crippen LogP contribution in [-0.2, 0) is 0 Å². The normalized spacial score (nSPS) is 14.6. The second kappa shape index (κ2) is 7.10. The molecule has 2 unspecified atom stereocenters. The average Bonchev–Trinajstić information content (AvgIpc) is 2.71. The van der Waals surface area contributed by atoms with Gasteiger partial charge in [0.25, 0.3) is 0 Å². The van der Waals surface area contributed by atoms with Crippen molar-refractivity contribution in [2.45, 2.75) is 47.1 Å². The molecule has 0 saturated heterocycles. The van der Waals surface area contributed by atoms with E-state index >= 15 is 0 Å². The van der Waals surface area contributed by atoms with E-state index in [0.29, 0.717) is 12.0 Å². The van der Waals surface area contributed by atoms with Gasteiger partial charge in [0, 0.05) is 24.5 Å². The first-order valence-corrected chi connectivity index (χ1v) is 7.73. The maximum absolute atomic E-state index is 4.71. The molecule has 0 aromatic carbocycles. The van der Waals surface area contributed by atoms with Crippen LogP contribution < -0.4 is 10.2 Å². The lowest BCUT2D eigenvalue weighted by molar-refractivity contribution is 0.559. The van der Waals surface area contributed by atoms with E-state index < -0.39 is 0 Å². The predicted molar refractivity (Wildman–Crippen MR) is 81.7 cm³/mol. The molecule has 1 aromatic rings. The highest BCUT2D eigenvalue weighted by Crippen LogP contribution is 2.30. The highest BCUT2D eigenvalue weighted by Gasteiger charge is 2.16. The third-order valence-corrected chi connectivity index (χ3v) is 4.79. The molecule has 4 heteroatoms. The second-order valence-electron chi connectivity index (χ2n) is 5.12. The lowest BCUT2D eigenvalue weighted by Gasteiger charge is -2.19. The molecule has 1 rings (SSSR count). The Hall–Kier alpha value is -0.610. The Balaban J connectivity index is 2.76. The van der Waals surface area contributed by atoms with Crippen LogP contribution in [0.25, 0.3) is 0 Å². The summed E-state index contributed by atoms with van der Waals surface area (Å²) in [5.41, 5.74) is 1.17. The molecule has 104 valence electrons. The van der Waals surface area contributed by atoms with Gasteiger partial charge >= 0.3 is 0 Å². The fraction of sp³-hybridized carbons (Fsp3) is 0.786. The van der Waals surface area contributed by atoms with Crippen LogP contribution in [0, 0.1) is 12.8 Å². The number of rotatable bonds is 7. The van der Waals surface area contributed by atoms with Crippen molar-refractivity contribution >= 4 is 16.5 Å². The van der Waals surface area contributed by atoms with Gasteiger partial charge in [0.1, 0.15) is 0 Å². The van der Waals surface area contributed by atoms with Gasteiger partial charge in [-0.2, -0.15) is 0 Å². The fourth-order valence-corrected chi connectivity index (χ4v) is 3.10. The maximum atomic E-state index is 4.71. The maximum Gasteiger partial charge on any atom is 0.185 e. The molecule has 0 spiro atoms. The molecule has 1 N–H and O–H groups in total. The molecular weight excluding hydrogens is 242 g/mol. The third kappa shape index (κ3) is 3.95. The lowest BCUT2D eigenvalue weighted by Crippen LogP contribution is -2.23. The van der Waals surface area contributed by atoms with Gasteiger partial charge in [0.15, 0.2) is 5.13 Å². The minimum absolute atomic E-state index is 0.401. The summed E-state index contributed by atoms with van der Waals surface area (Å²) in [6.07, 6.45) is 1.22. The Morgan fingerprint density at radius 2 is 2.00 bits per heavy atom. The minimum atomic E-state index is 0.401. The summed E-state index contributed by atoms with van der Waals surface area (Å²) in [6, 6.07) is 0.401. The second-order valence-corrected chi connectivity index (χ2v) is 6.13. The fourth-order valence-electron chi connectivity index (χ4n) is 2.03. The number of aryl methyl sites for hydroxylation is 1. The van der Waals surface area contributed by atoms with Crippen LogP contribution in [0.4, 0.5) is 5.13 Å². The average molecular weight is 269 g/mol. The SMILES string of the molecule is CCNC(C)c1sc(N(C)CC(C)CC)nc1C. The van der Waals surface area contributed by atoms with Crippen LogP contribution in [0.15, 0.2) is 0 Å². The Labute approximate surface area is 116 Å². The van der Waals surface area contributed by atoms with E-state index in [0.717, 1.165) is 18.2 Å². The largest absolute Gasteiger partial charge is 0.351 e. The number of hydrogen-bond donors (Lipinski definition) is 1. The standard InChI is InChI=1S/C14H27N3S/c1-7-10(3)9-17(6)14-16-12(5)13(18-14)11(4)15-8-2/h10-11,15H,7-9H2,1-6H3. The highest BCUT2D eigenvalue weighted by molar-refractivity contribution is 7.15. The number of thiazole rings is 1. The Morgan fingerprint density at radius 1 is 1.33 bits per heavy atom. The van der Waals surface area contributed by atoms with Crippen molar-refractivity contribution in [3.63, 3.8) is 0 Å². The molecule has 0 amide bonds. The van der Waals surface area contributed by atoms with Crippen molar-refractivity contribution in [2.24, 2.45) is 5.92 Å². The van der Waals surface area contributed by atoms with Gasteiger partial charge in [-0.1, -0.05) is 27.2 Å². The zero-order chi connectivity index (χ0) is 13.7. The first-order chi connectivity index (χ1) is 8.49. The zero-order valence-electron chi connectivity index (χ0n) is 12.6. The molecule has 0 radical (unpaired) electrons. The predicted octanol–water partition coefficient (Wildman–Crippen LogP) is 3.60. The summed E-state index contributed by atoms with van der Waals surface area (Å²) in [6.45, 7) is 13.1. The van der Waals surface area contributed by atoms with Crippen LogP contribution in [0.1, 0.15) is 50.7 Å². The van der Waals surface area contributed by atoms with Gasteiger partial charge in [0.2, 0.25) is 0 Å². The van der Waals surface area contributed by atoms with Crippen LogP contribution in [0.5, 0.6) is 0 Å². The van der Waals surface area contributed by atoms with Crippen molar-refractivity contribution in [3.8, 4) is 0 Å².